The highest BCUT2D eigenvalue weighted by molar-refractivity contribution is 5.85. The molecule has 1 saturated carbocycles. The van der Waals surface area contributed by atoms with Gasteiger partial charge in [0.1, 0.15) is 5.75 Å². The zero-order valence-electron chi connectivity index (χ0n) is 14.7. The first-order chi connectivity index (χ1) is 10.9. The summed E-state index contributed by atoms with van der Waals surface area (Å²) in [5.74, 6) is 1.82. The second-order valence-electron chi connectivity index (χ2n) is 6.63. The Balaban J connectivity index is 0.00000144. The number of hydrogen-bond donors (Lipinski definition) is 1. The summed E-state index contributed by atoms with van der Waals surface area (Å²) >= 11 is 0. The predicted molar refractivity (Wildman–Crippen MR) is 106 cm³/mol. The monoisotopic (exact) mass is 374 g/mol. The fourth-order valence-corrected chi connectivity index (χ4v) is 4.12. The van der Waals surface area contributed by atoms with Crippen LogP contribution in [0.5, 0.6) is 5.75 Å². The maximum atomic E-state index is 5.61. The molecule has 1 atom stereocenters. The Labute approximate surface area is 159 Å². The van der Waals surface area contributed by atoms with Crippen LogP contribution < -0.4 is 10.1 Å². The van der Waals surface area contributed by atoms with Crippen molar-refractivity contribution in [1.82, 2.24) is 10.2 Å². The molecule has 138 valence electrons. The normalized spacial score (nSPS) is 20.5. The summed E-state index contributed by atoms with van der Waals surface area (Å²) < 4.78 is 5.61. The average Bonchev–Trinajstić information content (AvgIpc) is 2.59. The molecule has 1 aromatic rings. The van der Waals surface area contributed by atoms with Crippen molar-refractivity contribution in [1.29, 1.82) is 0 Å². The van der Waals surface area contributed by atoms with Crippen LogP contribution in [0.2, 0.25) is 0 Å². The number of benzene rings is 1. The zero-order valence-corrected chi connectivity index (χ0v) is 16.3. The summed E-state index contributed by atoms with van der Waals surface area (Å²) in [5.41, 5.74) is 1.48. The largest absolute Gasteiger partial charge is 0.494 e. The van der Waals surface area contributed by atoms with Crippen molar-refractivity contribution in [3.63, 3.8) is 0 Å². The molecule has 0 spiro atoms. The van der Waals surface area contributed by atoms with Crippen molar-refractivity contribution < 1.29 is 4.74 Å². The van der Waals surface area contributed by atoms with Crippen molar-refractivity contribution in [3.05, 3.63) is 29.8 Å². The van der Waals surface area contributed by atoms with E-state index in [0.29, 0.717) is 6.04 Å². The van der Waals surface area contributed by atoms with Gasteiger partial charge < -0.3 is 10.1 Å². The van der Waals surface area contributed by atoms with Crippen molar-refractivity contribution in [2.24, 2.45) is 5.92 Å². The lowest BCUT2D eigenvalue weighted by Crippen LogP contribution is -2.47. The minimum absolute atomic E-state index is 0. The molecule has 3 nitrogen and oxygen atoms in total. The third-order valence-corrected chi connectivity index (χ3v) is 5.17. The van der Waals surface area contributed by atoms with Crippen LogP contribution in [0.15, 0.2) is 24.3 Å². The Kier molecular flexibility index (Phi) is 10.1. The molecule has 1 aliphatic heterocycles. The van der Waals surface area contributed by atoms with Crippen LogP contribution in [0.3, 0.4) is 0 Å². The maximum absolute atomic E-state index is 5.61. The molecule has 0 amide bonds. The summed E-state index contributed by atoms with van der Waals surface area (Å²) in [5, 5.41) is 3.49. The van der Waals surface area contributed by atoms with Crippen LogP contribution >= 0.6 is 24.8 Å². The van der Waals surface area contributed by atoms with Crippen LogP contribution in [0.1, 0.15) is 50.6 Å². The van der Waals surface area contributed by atoms with E-state index >= 15 is 0 Å². The van der Waals surface area contributed by atoms with E-state index in [-0.39, 0.29) is 24.8 Å². The lowest BCUT2D eigenvalue weighted by molar-refractivity contribution is 0.103. The Morgan fingerprint density at radius 1 is 1.04 bits per heavy atom. The molecule has 0 unspecified atom stereocenters. The predicted octanol–water partition coefficient (Wildman–Crippen LogP) is 4.46. The van der Waals surface area contributed by atoms with Gasteiger partial charge in [-0.1, -0.05) is 31.4 Å². The number of ether oxygens (including phenoxy) is 1. The Morgan fingerprint density at radius 3 is 2.25 bits per heavy atom. The lowest BCUT2D eigenvalue weighted by Gasteiger charge is -2.41. The van der Waals surface area contributed by atoms with Gasteiger partial charge in [0, 0.05) is 32.2 Å². The Hall–Kier alpha value is -0.480. The molecule has 5 heteroatoms. The summed E-state index contributed by atoms with van der Waals surface area (Å²) in [6, 6.07) is 9.49. The molecule has 1 aliphatic carbocycles. The van der Waals surface area contributed by atoms with Crippen molar-refractivity contribution in [2.75, 3.05) is 32.8 Å². The number of hydrogen-bond acceptors (Lipinski definition) is 3. The number of halogens is 2. The van der Waals surface area contributed by atoms with Crippen LogP contribution in [-0.2, 0) is 0 Å². The molecule has 1 heterocycles. The van der Waals surface area contributed by atoms with Crippen molar-refractivity contribution in [2.45, 2.75) is 45.1 Å². The molecule has 1 saturated heterocycles. The van der Waals surface area contributed by atoms with Crippen molar-refractivity contribution in [3.8, 4) is 5.75 Å². The summed E-state index contributed by atoms with van der Waals surface area (Å²) in [7, 11) is 0. The quantitative estimate of drug-likeness (QED) is 0.823. The van der Waals surface area contributed by atoms with E-state index in [1.165, 1.54) is 50.8 Å². The average molecular weight is 375 g/mol. The minimum atomic E-state index is 0. The smallest absolute Gasteiger partial charge is 0.119 e. The maximum Gasteiger partial charge on any atom is 0.119 e. The molecule has 3 rings (SSSR count). The zero-order chi connectivity index (χ0) is 15.2. The Bertz CT molecular complexity index is 425. The summed E-state index contributed by atoms with van der Waals surface area (Å²) in [6.07, 6.45) is 7.02. The highest BCUT2D eigenvalue weighted by Gasteiger charge is 2.30. The van der Waals surface area contributed by atoms with Gasteiger partial charge in [0.15, 0.2) is 0 Å². The van der Waals surface area contributed by atoms with E-state index in [1.807, 2.05) is 6.92 Å². The van der Waals surface area contributed by atoms with Gasteiger partial charge in [0.2, 0.25) is 0 Å². The molecule has 0 aromatic heterocycles. The SMILES string of the molecule is CCOc1ccc([C@@H](C2CCCCC2)N2CCNCC2)cc1.Cl.Cl. The first-order valence-corrected chi connectivity index (χ1v) is 9.06. The number of piperazine rings is 1. The van der Waals surface area contributed by atoms with Gasteiger partial charge in [-0.2, -0.15) is 0 Å². The van der Waals surface area contributed by atoms with Gasteiger partial charge >= 0.3 is 0 Å². The summed E-state index contributed by atoms with van der Waals surface area (Å²) in [6.45, 7) is 7.38. The van der Waals surface area contributed by atoms with E-state index in [1.54, 1.807) is 0 Å². The van der Waals surface area contributed by atoms with Gasteiger partial charge in [0.25, 0.3) is 0 Å². The molecule has 24 heavy (non-hydrogen) atoms. The van der Waals surface area contributed by atoms with E-state index < -0.39 is 0 Å². The topological polar surface area (TPSA) is 24.5 Å². The fourth-order valence-electron chi connectivity index (χ4n) is 4.12. The molecular weight excluding hydrogens is 343 g/mol. The highest BCUT2D eigenvalue weighted by atomic mass is 35.5. The molecule has 2 aliphatic rings. The lowest BCUT2D eigenvalue weighted by atomic mass is 9.80. The fraction of sp³-hybridized carbons (Fsp3) is 0.684. The molecular formula is C19H32Cl2N2O. The van der Waals surface area contributed by atoms with Crippen LogP contribution in [0.25, 0.3) is 0 Å². The van der Waals surface area contributed by atoms with Gasteiger partial charge in [-0.3, -0.25) is 4.90 Å². The van der Waals surface area contributed by atoms with Crippen LogP contribution in [0.4, 0.5) is 0 Å². The van der Waals surface area contributed by atoms with E-state index in [0.717, 1.165) is 31.4 Å². The molecule has 1 aromatic carbocycles. The van der Waals surface area contributed by atoms with E-state index in [2.05, 4.69) is 34.5 Å². The summed E-state index contributed by atoms with van der Waals surface area (Å²) in [4.78, 5) is 2.71. The van der Waals surface area contributed by atoms with Gasteiger partial charge in [-0.25, -0.2) is 0 Å². The number of nitrogens with one attached hydrogen (secondary N) is 1. The second kappa shape index (κ2) is 11.2. The Morgan fingerprint density at radius 2 is 1.67 bits per heavy atom. The molecule has 2 fully saturated rings. The third kappa shape index (κ3) is 5.52. The van der Waals surface area contributed by atoms with Gasteiger partial charge in [-0.05, 0) is 43.4 Å². The molecule has 0 bridgehead atoms. The van der Waals surface area contributed by atoms with Crippen LogP contribution in [0, 0.1) is 5.92 Å². The van der Waals surface area contributed by atoms with Crippen LogP contribution in [-0.4, -0.2) is 37.7 Å². The minimum Gasteiger partial charge on any atom is -0.494 e. The number of rotatable bonds is 5. The third-order valence-electron chi connectivity index (χ3n) is 5.17. The number of nitrogens with zero attached hydrogens (tertiary/aromatic N) is 1. The second-order valence-corrected chi connectivity index (χ2v) is 6.63. The van der Waals surface area contributed by atoms with E-state index in [4.69, 9.17) is 4.74 Å². The molecule has 1 N–H and O–H groups in total. The first kappa shape index (κ1) is 21.6. The van der Waals surface area contributed by atoms with Crippen molar-refractivity contribution >= 4 is 24.8 Å². The van der Waals surface area contributed by atoms with Gasteiger partial charge in [-0.15, -0.1) is 24.8 Å². The first-order valence-electron chi connectivity index (χ1n) is 9.06. The van der Waals surface area contributed by atoms with E-state index in [9.17, 15) is 0 Å². The standard InChI is InChI=1S/C19H30N2O.2ClH/c1-2-22-18-10-8-17(9-11-18)19(16-6-4-3-5-7-16)21-14-12-20-13-15-21;;/h8-11,16,19-20H,2-7,12-15H2,1H3;2*1H/t19-;;/m1../s1. The van der Waals surface area contributed by atoms with Gasteiger partial charge in [0.05, 0.1) is 6.61 Å². The highest BCUT2D eigenvalue weighted by Crippen LogP contribution is 2.38. The molecule has 0 radical (unpaired) electrons.